The number of hydrogen-bond donors (Lipinski definition) is 1. The molecule has 2 bridgehead atoms. The molecular weight excluding hydrogens is 262 g/mol. The molecule has 1 aliphatic heterocycles. The van der Waals surface area contributed by atoms with Gasteiger partial charge in [0, 0.05) is 37.0 Å². The topological polar surface area (TPSA) is 49.0 Å². The molecule has 21 heavy (non-hydrogen) atoms. The zero-order valence-corrected chi connectivity index (χ0v) is 12.2. The van der Waals surface area contributed by atoms with E-state index >= 15 is 0 Å². The summed E-state index contributed by atoms with van der Waals surface area (Å²) in [6.45, 7) is 2.71. The van der Waals surface area contributed by atoms with E-state index in [1.54, 1.807) is 0 Å². The third-order valence-electron chi connectivity index (χ3n) is 4.69. The Labute approximate surface area is 124 Å². The molecule has 1 N–H and O–H groups in total. The molecule has 2 aliphatic rings. The number of likely N-dealkylation sites (tertiary alicyclic amines) is 1. The third kappa shape index (κ3) is 2.15. The van der Waals surface area contributed by atoms with Gasteiger partial charge in [0.25, 0.3) is 0 Å². The first-order valence-corrected chi connectivity index (χ1v) is 7.59. The highest BCUT2D eigenvalue weighted by atomic mass is 16.2. The second-order valence-electron chi connectivity index (χ2n) is 6.19. The molecule has 2 atom stereocenters. The monoisotopic (exact) mass is 281 g/mol. The second-order valence-corrected chi connectivity index (χ2v) is 6.19. The van der Waals surface area contributed by atoms with Crippen molar-refractivity contribution in [3.63, 3.8) is 0 Å². The number of nitrogens with one attached hydrogen (secondary N) is 1. The summed E-state index contributed by atoms with van der Waals surface area (Å²) in [5, 5.41) is 0. The van der Waals surface area contributed by atoms with Gasteiger partial charge in [0.05, 0.1) is 5.69 Å². The molecule has 2 heterocycles. The second kappa shape index (κ2) is 4.72. The molecule has 2 aromatic rings. The standard InChI is InChI=1S/C17H19N3O/c1-11-18-15-9-14-7-13(17(15)19-11)8-16(21)20(14)10-12-5-3-2-4-6-12/h2-6,13-14H,7-10H2,1H3,(H,18,19). The number of amides is 1. The van der Waals surface area contributed by atoms with Crippen molar-refractivity contribution in [3.05, 3.63) is 53.1 Å². The minimum Gasteiger partial charge on any atom is -0.346 e. The number of aryl methyl sites for hydroxylation is 1. The van der Waals surface area contributed by atoms with Crippen LogP contribution in [-0.4, -0.2) is 26.8 Å². The van der Waals surface area contributed by atoms with Crippen LogP contribution in [0, 0.1) is 6.92 Å². The van der Waals surface area contributed by atoms with Crippen molar-refractivity contribution >= 4 is 5.91 Å². The van der Waals surface area contributed by atoms with Gasteiger partial charge in [-0.1, -0.05) is 30.3 Å². The van der Waals surface area contributed by atoms with Gasteiger partial charge in [0.15, 0.2) is 0 Å². The first kappa shape index (κ1) is 12.6. The summed E-state index contributed by atoms with van der Waals surface area (Å²) in [5.74, 6) is 1.55. The van der Waals surface area contributed by atoms with Crippen LogP contribution in [0.25, 0.3) is 0 Å². The van der Waals surface area contributed by atoms with Gasteiger partial charge in [-0.15, -0.1) is 0 Å². The summed E-state index contributed by atoms with van der Waals surface area (Å²) >= 11 is 0. The minimum absolute atomic E-state index is 0.270. The zero-order chi connectivity index (χ0) is 14.4. The number of benzene rings is 1. The fourth-order valence-corrected chi connectivity index (χ4v) is 3.76. The Bertz CT molecular complexity index is 677. The Balaban J connectivity index is 1.62. The predicted octanol–water partition coefficient (Wildman–Crippen LogP) is 2.55. The highest BCUT2D eigenvalue weighted by Crippen LogP contribution is 2.39. The highest BCUT2D eigenvalue weighted by molar-refractivity contribution is 5.79. The van der Waals surface area contributed by atoms with E-state index in [1.807, 2.05) is 25.1 Å². The maximum Gasteiger partial charge on any atom is 0.223 e. The molecule has 1 fully saturated rings. The number of piperidine rings is 1. The first-order chi connectivity index (χ1) is 10.2. The van der Waals surface area contributed by atoms with Crippen molar-refractivity contribution in [2.45, 2.75) is 44.7 Å². The van der Waals surface area contributed by atoms with E-state index in [0.29, 0.717) is 18.4 Å². The van der Waals surface area contributed by atoms with E-state index in [1.165, 1.54) is 11.3 Å². The molecule has 1 aromatic carbocycles. The van der Waals surface area contributed by atoms with E-state index in [9.17, 15) is 4.79 Å². The fourth-order valence-electron chi connectivity index (χ4n) is 3.76. The van der Waals surface area contributed by atoms with Crippen LogP contribution < -0.4 is 0 Å². The molecule has 1 aromatic heterocycles. The zero-order valence-electron chi connectivity index (χ0n) is 12.2. The van der Waals surface area contributed by atoms with Gasteiger partial charge in [-0.3, -0.25) is 4.79 Å². The van der Waals surface area contributed by atoms with Gasteiger partial charge in [0.2, 0.25) is 5.91 Å². The Kier molecular flexibility index (Phi) is 2.84. The van der Waals surface area contributed by atoms with Crippen LogP contribution in [0.15, 0.2) is 30.3 Å². The molecule has 4 rings (SSSR count). The van der Waals surface area contributed by atoms with Gasteiger partial charge in [0.1, 0.15) is 5.82 Å². The molecule has 1 aliphatic carbocycles. The van der Waals surface area contributed by atoms with Crippen LogP contribution in [0.2, 0.25) is 0 Å². The van der Waals surface area contributed by atoms with Crippen LogP contribution in [0.5, 0.6) is 0 Å². The number of aromatic nitrogens is 2. The van der Waals surface area contributed by atoms with E-state index in [0.717, 1.165) is 30.9 Å². The Morgan fingerprint density at radius 2 is 2.10 bits per heavy atom. The minimum atomic E-state index is 0.270. The SMILES string of the molecule is Cc1nc2c([nH]1)CC1CC2CC(=O)N1Cc1ccccc1. The molecule has 0 saturated carbocycles. The maximum absolute atomic E-state index is 12.5. The van der Waals surface area contributed by atoms with Gasteiger partial charge in [-0.05, 0) is 18.9 Å². The van der Waals surface area contributed by atoms with E-state index in [-0.39, 0.29) is 5.91 Å². The lowest BCUT2D eigenvalue weighted by Crippen LogP contribution is -2.48. The Morgan fingerprint density at radius 1 is 1.29 bits per heavy atom. The van der Waals surface area contributed by atoms with Crippen molar-refractivity contribution in [2.24, 2.45) is 0 Å². The molecule has 108 valence electrons. The van der Waals surface area contributed by atoms with Crippen molar-refractivity contribution in [3.8, 4) is 0 Å². The van der Waals surface area contributed by atoms with Crippen LogP contribution in [0.3, 0.4) is 0 Å². The Hall–Kier alpha value is -2.10. The average Bonchev–Trinajstić information content (AvgIpc) is 2.85. The molecule has 2 unspecified atom stereocenters. The number of carbonyl (C=O) groups is 1. The number of carbonyl (C=O) groups excluding carboxylic acids is 1. The highest BCUT2D eigenvalue weighted by Gasteiger charge is 2.40. The first-order valence-electron chi connectivity index (χ1n) is 7.59. The number of fused-ring (bicyclic) bond motifs is 4. The lowest BCUT2D eigenvalue weighted by molar-refractivity contribution is -0.138. The van der Waals surface area contributed by atoms with Crippen molar-refractivity contribution < 1.29 is 4.79 Å². The van der Waals surface area contributed by atoms with Crippen molar-refractivity contribution in [1.29, 1.82) is 0 Å². The van der Waals surface area contributed by atoms with Crippen molar-refractivity contribution in [1.82, 2.24) is 14.9 Å². The van der Waals surface area contributed by atoms with Crippen LogP contribution in [0.1, 0.15) is 41.5 Å². The molecular formula is C17H19N3O. The molecule has 4 nitrogen and oxygen atoms in total. The lowest BCUT2D eigenvalue weighted by Gasteiger charge is -2.42. The van der Waals surface area contributed by atoms with E-state index in [2.05, 4.69) is 27.0 Å². The van der Waals surface area contributed by atoms with Gasteiger partial charge < -0.3 is 9.88 Å². The number of hydrogen-bond acceptors (Lipinski definition) is 2. The fraction of sp³-hybridized carbons (Fsp3) is 0.412. The van der Waals surface area contributed by atoms with Gasteiger partial charge in [-0.2, -0.15) is 0 Å². The number of aromatic amines is 1. The van der Waals surface area contributed by atoms with E-state index < -0.39 is 0 Å². The average molecular weight is 281 g/mol. The number of imidazole rings is 1. The molecule has 4 heteroatoms. The summed E-state index contributed by atoms with van der Waals surface area (Å²) in [5.41, 5.74) is 3.58. The van der Waals surface area contributed by atoms with Gasteiger partial charge in [-0.25, -0.2) is 4.98 Å². The van der Waals surface area contributed by atoms with Crippen LogP contribution >= 0.6 is 0 Å². The summed E-state index contributed by atoms with van der Waals surface area (Å²) in [6, 6.07) is 10.6. The molecule has 0 spiro atoms. The lowest BCUT2D eigenvalue weighted by atomic mass is 9.79. The maximum atomic E-state index is 12.5. The largest absolute Gasteiger partial charge is 0.346 e. The van der Waals surface area contributed by atoms with Crippen molar-refractivity contribution in [2.75, 3.05) is 0 Å². The Morgan fingerprint density at radius 3 is 2.90 bits per heavy atom. The van der Waals surface area contributed by atoms with Crippen LogP contribution in [0.4, 0.5) is 0 Å². The molecule has 0 radical (unpaired) electrons. The number of nitrogens with zero attached hydrogens (tertiary/aromatic N) is 2. The molecule has 1 amide bonds. The summed E-state index contributed by atoms with van der Waals surface area (Å²) in [7, 11) is 0. The van der Waals surface area contributed by atoms with Gasteiger partial charge >= 0.3 is 0 Å². The van der Waals surface area contributed by atoms with Crippen LogP contribution in [-0.2, 0) is 17.8 Å². The smallest absolute Gasteiger partial charge is 0.223 e. The summed E-state index contributed by atoms with van der Waals surface area (Å²) in [4.78, 5) is 22.5. The normalized spacial score (nSPS) is 24.0. The number of rotatable bonds is 2. The summed E-state index contributed by atoms with van der Waals surface area (Å²) in [6.07, 6.45) is 2.56. The predicted molar refractivity (Wildman–Crippen MR) is 79.8 cm³/mol. The molecule has 1 saturated heterocycles. The summed E-state index contributed by atoms with van der Waals surface area (Å²) < 4.78 is 0. The quantitative estimate of drug-likeness (QED) is 0.919. The third-order valence-corrected chi connectivity index (χ3v) is 4.69. The van der Waals surface area contributed by atoms with E-state index in [4.69, 9.17) is 0 Å². The number of H-pyrrole nitrogens is 1.